The Balaban J connectivity index is 2.34. The number of ether oxygens (including phenoxy) is 1. The average Bonchev–Trinajstić information content (AvgIpc) is 2.22. The summed E-state index contributed by atoms with van der Waals surface area (Å²) in [5.74, 6) is 0.301. The quantitative estimate of drug-likeness (QED) is 0.331. The highest BCUT2D eigenvalue weighted by Crippen LogP contribution is 2.14. The molecule has 0 fully saturated rings. The number of benzene rings is 1. The molecule has 82 valence electrons. The molecule has 0 saturated heterocycles. The van der Waals surface area contributed by atoms with Crippen LogP contribution in [-0.4, -0.2) is 12.5 Å². The van der Waals surface area contributed by atoms with Crippen LogP contribution in [0.1, 0.15) is 19.3 Å². The molecule has 0 bridgehead atoms. The first-order valence-electron chi connectivity index (χ1n) is 4.98. The van der Waals surface area contributed by atoms with Crippen molar-refractivity contribution in [2.45, 2.75) is 19.3 Å². The normalized spacial score (nSPS) is 9.93. The van der Waals surface area contributed by atoms with Gasteiger partial charge in [0.2, 0.25) is 0 Å². The van der Waals surface area contributed by atoms with Crippen LogP contribution >= 0.6 is 0 Å². The molecule has 0 aliphatic heterocycles. The Morgan fingerprint density at radius 1 is 1.20 bits per heavy atom. The zero-order valence-corrected chi connectivity index (χ0v) is 8.61. The maximum Gasteiger partial charge on any atom is 0.311 e. The number of nitrogen functional groups attached to an aromatic ring is 1. The molecule has 0 aliphatic rings. The van der Waals surface area contributed by atoms with Crippen LogP contribution in [0.5, 0.6) is 5.75 Å². The maximum atomic E-state index is 11.3. The van der Waals surface area contributed by atoms with Crippen LogP contribution in [0.15, 0.2) is 24.3 Å². The summed E-state index contributed by atoms with van der Waals surface area (Å²) in [6.45, 7) is 0.606. The molecule has 0 atom stereocenters. The Labute approximate surface area is 89.2 Å². The van der Waals surface area contributed by atoms with Gasteiger partial charge in [-0.1, -0.05) is 0 Å². The van der Waals surface area contributed by atoms with E-state index in [1.54, 1.807) is 24.3 Å². The molecule has 15 heavy (non-hydrogen) atoms. The molecule has 0 amide bonds. The van der Waals surface area contributed by atoms with E-state index in [9.17, 15) is 4.79 Å². The molecule has 0 radical (unpaired) electrons. The third kappa shape index (κ3) is 4.46. The smallest absolute Gasteiger partial charge is 0.311 e. The SMILES string of the molecule is NCCCCC(=O)Oc1ccc(N)cc1. The second-order valence-electron chi connectivity index (χ2n) is 3.29. The average molecular weight is 208 g/mol. The Bertz CT molecular complexity index is 309. The van der Waals surface area contributed by atoms with Gasteiger partial charge in [-0.3, -0.25) is 4.79 Å². The number of esters is 1. The second kappa shape index (κ2) is 6.03. The number of hydrogen-bond donors (Lipinski definition) is 2. The van der Waals surface area contributed by atoms with E-state index in [4.69, 9.17) is 16.2 Å². The van der Waals surface area contributed by atoms with Crippen LogP contribution in [0.3, 0.4) is 0 Å². The number of carbonyl (C=O) groups is 1. The lowest BCUT2D eigenvalue weighted by molar-refractivity contribution is -0.134. The van der Waals surface area contributed by atoms with Gasteiger partial charge < -0.3 is 16.2 Å². The zero-order chi connectivity index (χ0) is 11.1. The fraction of sp³-hybridized carbons (Fsp3) is 0.364. The third-order valence-electron chi connectivity index (χ3n) is 1.95. The van der Waals surface area contributed by atoms with Crippen molar-refractivity contribution in [2.24, 2.45) is 5.73 Å². The standard InChI is InChI=1S/C11H16N2O2/c12-8-2-1-3-11(14)15-10-6-4-9(13)5-7-10/h4-7H,1-3,8,12-13H2. The van der Waals surface area contributed by atoms with Crippen molar-refractivity contribution in [1.29, 1.82) is 0 Å². The Morgan fingerprint density at radius 2 is 1.87 bits per heavy atom. The van der Waals surface area contributed by atoms with Crippen LogP contribution in [0.4, 0.5) is 5.69 Å². The first kappa shape index (κ1) is 11.5. The summed E-state index contributed by atoms with van der Waals surface area (Å²) >= 11 is 0. The molecule has 0 aromatic heterocycles. The lowest BCUT2D eigenvalue weighted by Crippen LogP contribution is -2.08. The van der Waals surface area contributed by atoms with Gasteiger partial charge in [0.05, 0.1) is 0 Å². The van der Waals surface area contributed by atoms with E-state index < -0.39 is 0 Å². The van der Waals surface area contributed by atoms with Crippen molar-refractivity contribution >= 4 is 11.7 Å². The zero-order valence-electron chi connectivity index (χ0n) is 8.61. The minimum atomic E-state index is -0.228. The minimum Gasteiger partial charge on any atom is -0.427 e. The highest BCUT2D eigenvalue weighted by Gasteiger charge is 2.03. The van der Waals surface area contributed by atoms with Gasteiger partial charge in [-0.2, -0.15) is 0 Å². The first-order chi connectivity index (χ1) is 7.22. The second-order valence-corrected chi connectivity index (χ2v) is 3.29. The van der Waals surface area contributed by atoms with Crippen LogP contribution in [0.25, 0.3) is 0 Å². The van der Waals surface area contributed by atoms with Gasteiger partial charge in [0, 0.05) is 12.1 Å². The first-order valence-corrected chi connectivity index (χ1v) is 4.98. The minimum absolute atomic E-state index is 0.228. The lowest BCUT2D eigenvalue weighted by atomic mass is 10.2. The summed E-state index contributed by atoms with van der Waals surface area (Å²) in [5, 5.41) is 0. The van der Waals surface area contributed by atoms with Gasteiger partial charge in [0.25, 0.3) is 0 Å². The van der Waals surface area contributed by atoms with E-state index in [2.05, 4.69) is 0 Å². The molecular weight excluding hydrogens is 192 g/mol. The molecule has 4 N–H and O–H groups in total. The monoisotopic (exact) mass is 208 g/mol. The van der Waals surface area contributed by atoms with Gasteiger partial charge in [0.1, 0.15) is 5.75 Å². The molecule has 0 unspecified atom stereocenters. The van der Waals surface area contributed by atoms with Gasteiger partial charge >= 0.3 is 5.97 Å². The molecule has 1 rings (SSSR count). The number of rotatable bonds is 5. The predicted molar refractivity (Wildman–Crippen MR) is 59.4 cm³/mol. The van der Waals surface area contributed by atoms with Crippen molar-refractivity contribution in [3.8, 4) is 5.75 Å². The van der Waals surface area contributed by atoms with Crippen molar-refractivity contribution < 1.29 is 9.53 Å². The number of unbranched alkanes of at least 4 members (excludes halogenated alkanes) is 1. The number of anilines is 1. The summed E-state index contributed by atoms with van der Waals surface area (Å²) in [7, 11) is 0. The predicted octanol–water partition coefficient (Wildman–Crippen LogP) is 1.30. The van der Waals surface area contributed by atoms with E-state index >= 15 is 0 Å². The topological polar surface area (TPSA) is 78.3 Å². The summed E-state index contributed by atoms with van der Waals surface area (Å²) in [5.41, 5.74) is 11.5. The number of carbonyl (C=O) groups excluding carboxylic acids is 1. The summed E-state index contributed by atoms with van der Waals surface area (Å²) in [6, 6.07) is 6.75. The van der Waals surface area contributed by atoms with Crippen LogP contribution in [0.2, 0.25) is 0 Å². The summed E-state index contributed by atoms with van der Waals surface area (Å²) < 4.78 is 5.08. The van der Waals surface area contributed by atoms with E-state index in [0.29, 0.717) is 24.4 Å². The fourth-order valence-electron chi connectivity index (χ4n) is 1.13. The number of hydrogen-bond acceptors (Lipinski definition) is 4. The molecule has 0 aliphatic carbocycles. The van der Waals surface area contributed by atoms with Crippen molar-refractivity contribution in [1.82, 2.24) is 0 Å². The number of nitrogens with two attached hydrogens (primary N) is 2. The Hall–Kier alpha value is -1.55. The molecule has 1 aromatic rings. The van der Waals surface area contributed by atoms with Crippen LogP contribution < -0.4 is 16.2 Å². The van der Waals surface area contributed by atoms with E-state index in [1.807, 2.05) is 0 Å². The molecule has 0 saturated carbocycles. The fourth-order valence-corrected chi connectivity index (χ4v) is 1.13. The van der Waals surface area contributed by atoms with E-state index in [0.717, 1.165) is 12.8 Å². The van der Waals surface area contributed by atoms with Crippen molar-refractivity contribution in [3.05, 3.63) is 24.3 Å². The Kier molecular flexibility index (Phi) is 4.63. The van der Waals surface area contributed by atoms with E-state index in [1.165, 1.54) is 0 Å². The summed E-state index contributed by atoms with van der Waals surface area (Å²) in [4.78, 5) is 11.3. The molecule has 0 spiro atoms. The third-order valence-corrected chi connectivity index (χ3v) is 1.95. The highest BCUT2D eigenvalue weighted by molar-refractivity contribution is 5.72. The molecule has 0 heterocycles. The van der Waals surface area contributed by atoms with Gasteiger partial charge in [0.15, 0.2) is 0 Å². The van der Waals surface area contributed by atoms with Gasteiger partial charge in [-0.25, -0.2) is 0 Å². The molecule has 4 nitrogen and oxygen atoms in total. The molecule has 4 heteroatoms. The van der Waals surface area contributed by atoms with Crippen molar-refractivity contribution in [3.63, 3.8) is 0 Å². The van der Waals surface area contributed by atoms with Crippen LogP contribution in [-0.2, 0) is 4.79 Å². The van der Waals surface area contributed by atoms with Crippen LogP contribution in [0, 0.1) is 0 Å². The maximum absolute atomic E-state index is 11.3. The lowest BCUT2D eigenvalue weighted by Gasteiger charge is -2.03. The van der Waals surface area contributed by atoms with Gasteiger partial charge in [-0.05, 0) is 43.7 Å². The summed E-state index contributed by atoms with van der Waals surface area (Å²) in [6.07, 6.45) is 2.02. The molecule has 1 aromatic carbocycles. The largest absolute Gasteiger partial charge is 0.427 e. The van der Waals surface area contributed by atoms with Crippen molar-refractivity contribution in [2.75, 3.05) is 12.3 Å². The van der Waals surface area contributed by atoms with Gasteiger partial charge in [-0.15, -0.1) is 0 Å². The highest BCUT2D eigenvalue weighted by atomic mass is 16.5. The Morgan fingerprint density at radius 3 is 2.47 bits per heavy atom. The molecular formula is C11H16N2O2. The van der Waals surface area contributed by atoms with E-state index in [-0.39, 0.29) is 5.97 Å².